The molecule has 2 aromatic rings. The van der Waals surface area contributed by atoms with E-state index in [4.69, 9.17) is 0 Å². The molecule has 0 saturated heterocycles. The Morgan fingerprint density at radius 3 is 2.86 bits per heavy atom. The van der Waals surface area contributed by atoms with Crippen molar-refractivity contribution in [1.29, 1.82) is 0 Å². The Kier molecular flexibility index (Phi) is 2.14. The van der Waals surface area contributed by atoms with Gasteiger partial charge in [0.15, 0.2) is 5.69 Å². The van der Waals surface area contributed by atoms with Crippen LogP contribution in [0.4, 0.5) is 0 Å². The van der Waals surface area contributed by atoms with Gasteiger partial charge in [0.2, 0.25) is 5.78 Å². The van der Waals surface area contributed by atoms with Gasteiger partial charge < -0.3 is 4.52 Å². The maximum atomic E-state index is 11.7. The highest BCUT2D eigenvalue weighted by Gasteiger charge is 2.11. The number of rotatable bonds is 2. The molecule has 0 aliphatic rings. The van der Waals surface area contributed by atoms with Crippen LogP contribution in [-0.4, -0.2) is 10.9 Å². The summed E-state index contributed by atoms with van der Waals surface area (Å²) in [4.78, 5) is 11.7. The van der Waals surface area contributed by atoms with Gasteiger partial charge in [0.1, 0.15) is 6.26 Å². The first-order chi connectivity index (χ1) is 6.77. The molecular formula is C11H9NO2. The minimum atomic E-state index is -0.109. The Labute approximate surface area is 81.3 Å². The molecule has 0 fully saturated rings. The number of aryl methyl sites for hydroxylation is 1. The van der Waals surface area contributed by atoms with Gasteiger partial charge in [-0.05, 0) is 13.0 Å². The average molecular weight is 187 g/mol. The van der Waals surface area contributed by atoms with E-state index >= 15 is 0 Å². The predicted molar refractivity (Wildman–Crippen MR) is 51.1 cm³/mol. The molecule has 14 heavy (non-hydrogen) atoms. The van der Waals surface area contributed by atoms with Crippen LogP contribution in [0.2, 0.25) is 0 Å². The molecule has 0 aliphatic heterocycles. The first kappa shape index (κ1) is 8.69. The third kappa shape index (κ3) is 1.57. The van der Waals surface area contributed by atoms with Crippen molar-refractivity contribution in [2.24, 2.45) is 0 Å². The quantitative estimate of drug-likeness (QED) is 0.677. The molecule has 2 rings (SSSR count). The van der Waals surface area contributed by atoms with Crippen LogP contribution in [0.1, 0.15) is 21.6 Å². The van der Waals surface area contributed by atoms with Crippen LogP contribution in [0.3, 0.4) is 0 Å². The Morgan fingerprint density at radius 2 is 2.21 bits per heavy atom. The van der Waals surface area contributed by atoms with Gasteiger partial charge in [-0.2, -0.15) is 0 Å². The van der Waals surface area contributed by atoms with E-state index in [1.54, 1.807) is 12.1 Å². The first-order valence-corrected chi connectivity index (χ1v) is 4.29. The second-order valence-corrected chi connectivity index (χ2v) is 3.08. The second kappa shape index (κ2) is 3.46. The van der Waals surface area contributed by atoms with Gasteiger partial charge in [-0.15, -0.1) is 0 Å². The van der Waals surface area contributed by atoms with Crippen LogP contribution in [-0.2, 0) is 0 Å². The van der Waals surface area contributed by atoms with E-state index in [1.807, 2.05) is 25.1 Å². The summed E-state index contributed by atoms with van der Waals surface area (Å²) in [5.41, 5.74) is 2.04. The zero-order valence-corrected chi connectivity index (χ0v) is 7.73. The zero-order chi connectivity index (χ0) is 9.97. The minimum Gasteiger partial charge on any atom is -0.364 e. The summed E-state index contributed by atoms with van der Waals surface area (Å²) in [6, 6.07) is 8.95. The van der Waals surface area contributed by atoms with Gasteiger partial charge in [0.05, 0.1) is 0 Å². The van der Waals surface area contributed by atoms with Crippen molar-refractivity contribution in [2.75, 3.05) is 0 Å². The molecule has 0 amide bonds. The molecule has 0 N–H and O–H groups in total. The summed E-state index contributed by atoms with van der Waals surface area (Å²) in [5.74, 6) is -0.109. The number of hydrogen-bond acceptors (Lipinski definition) is 3. The lowest BCUT2D eigenvalue weighted by Gasteiger charge is -1.97. The summed E-state index contributed by atoms with van der Waals surface area (Å²) in [6.45, 7) is 1.94. The van der Waals surface area contributed by atoms with Crippen molar-refractivity contribution in [3.63, 3.8) is 0 Å². The van der Waals surface area contributed by atoms with E-state index in [0.717, 1.165) is 5.56 Å². The molecule has 0 saturated carbocycles. The van der Waals surface area contributed by atoms with Crippen molar-refractivity contribution in [3.8, 4) is 0 Å². The Balaban J connectivity index is 2.37. The van der Waals surface area contributed by atoms with Crippen molar-refractivity contribution in [3.05, 3.63) is 53.4 Å². The monoisotopic (exact) mass is 187 g/mol. The Hall–Kier alpha value is -1.90. The van der Waals surface area contributed by atoms with Gasteiger partial charge >= 0.3 is 0 Å². The highest BCUT2D eigenvalue weighted by atomic mass is 16.5. The summed E-state index contributed by atoms with van der Waals surface area (Å²) < 4.78 is 4.62. The fourth-order valence-corrected chi connectivity index (χ4v) is 1.26. The Morgan fingerprint density at radius 1 is 1.36 bits per heavy atom. The lowest BCUT2D eigenvalue weighted by atomic mass is 10.1. The summed E-state index contributed by atoms with van der Waals surface area (Å²) in [7, 11) is 0. The van der Waals surface area contributed by atoms with E-state index in [0.29, 0.717) is 11.3 Å². The average Bonchev–Trinajstić information content (AvgIpc) is 2.69. The standard InChI is InChI=1S/C11H9NO2/c1-8-3-2-4-9(7-8)11(13)10-5-6-14-12-10/h2-7H,1H3. The third-order valence-corrected chi connectivity index (χ3v) is 1.95. The molecule has 0 spiro atoms. The molecule has 0 radical (unpaired) electrons. The predicted octanol–water partition coefficient (Wildman–Crippen LogP) is 2.21. The molecular weight excluding hydrogens is 178 g/mol. The maximum absolute atomic E-state index is 11.7. The maximum Gasteiger partial charge on any atom is 0.214 e. The zero-order valence-electron chi connectivity index (χ0n) is 7.73. The normalized spacial score (nSPS) is 10.1. The van der Waals surface area contributed by atoms with Crippen LogP contribution in [0, 0.1) is 6.92 Å². The fourth-order valence-electron chi connectivity index (χ4n) is 1.26. The largest absolute Gasteiger partial charge is 0.364 e. The van der Waals surface area contributed by atoms with Gasteiger partial charge in [-0.25, -0.2) is 0 Å². The number of benzene rings is 1. The fraction of sp³-hybridized carbons (Fsp3) is 0.0909. The van der Waals surface area contributed by atoms with Crippen molar-refractivity contribution >= 4 is 5.78 Å². The molecule has 1 heterocycles. The third-order valence-electron chi connectivity index (χ3n) is 1.95. The van der Waals surface area contributed by atoms with Crippen LogP contribution < -0.4 is 0 Å². The minimum absolute atomic E-state index is 0.109. The molecule has 0 aliphatic carbocycles. The van der Waals surface area contributed by atoms with Gasteiger partial charge in [-0.1, -0.05) is 28.9 Å². The van der Waals surface area contributed by atoms with E-state index in [-0.39, 0.29) is 5.78 Å². The lowest BCUT2D eigenvalue weighted by molar-refractivity contribution is 0.103. The van der Waals surface area contributed by atoms with E-state index in [1.165, 1.54) is 6.26 Å². The molecule has 0 bridgehead atoms. The number of hydrogen-bond donors (Lipinski definition) is 0. The Bertz CT molecular complexity index is 446. The summed E-state index contributed by atoms with van der Waals surface area (Å²) in [6.07, 6.45) is 1.39. The number of nitrogens with zero attached hydrogens (tertiary/aromatic N) is 1. The first-order valence-electron chi connectivity index (χ1n) is 4.29. The topological polar surface area (TPSA) is 43.1 Å². The highest BCUT2D eigenvalue weighted by molar-refractivity contribution is 6.07. The molecule has 1 aromatic carbocycles. The molecule has 70 valence electrons. The van der Waals surface area contributed by atoms with Crippen molar-refractivity contribution < 1.29 is 9.32 Å². The van der Waals surface area contributed by atoms with E-state index in [9.17, 15) is 4.79 Å². The van der Waals surface area contributed by atoms with Crippen LogP contribution in [0.5, 0.6) is 0 Å². The SMILES string of the molecule is Cc1cccc(C(=O)c2ccon2)c1. The number of ketones is 1. The van der Waals surface area contributed by atoms with Crippen molar-refractivity contribution in [2.45, 2.75) is 6.92 Å². The number of carbonyl (C=O) groups excluding carboxylic acids is 1. The second-order valence-electron chi connectivity index (χ2n) is 3.08. The summed E-state index contributed by atoms with van der Waals surface area (Å²) >= 11 is 0. The van der Waals surface area contributed by atoms with Gasteiger partial charge in [0.25, 0.3) is 0 Å². The lowest BCUT2D eigenvalue weighted by Crippen LogP contribution is -2.01. The van der Waals surface area contributed by atoms with E-state index in [2.05, 4.69) is 9.68 Å². The van der Waals surface area contributed by atoms with Crippen LogP contribution in [0.25, 0.3) is 0 Å². The van der Waals surface area contributed by atoms with Crippen molar-refractivity contribution in [1.82, 2.24) is 5.16 Å². The molecule has 0 unspecified atom stereocenters. The molecule has 3 heteroatoms. The number of aromatic nitrogens is 1. The van der Waals surface area contributed by atoms with E-state index < -0.39 is 0 Å². The summed E-state index contributed by atoms with van der Waals surface area (Å²) in [5, 5.41) is 3.60. The molecule has 3 nitrogen and oxygen atoms in total. The number of carbonyl (C=O) groups is 1. The van der Waals surface area contributed by atoms with Crippen LogP contribution >= 0.6 is 0 Å². The highest BCUT2D eigenvalue weighted by Crippen LogP contribution is 2.09. The molecule has 1 aromatic heterocycles. The van der Waals surface area contributed by atoms with Gasteiger partial charge in [0, 0.05) is 11.6 Å². The van der Waals surface area contributed by atoms with Gasteiger partial charge in [-0.3, -0.25) is 4.79 Å². The van der Waals surface area contributed by atoms with Crippen LogP contribution in [0.15, 0.2) is 41.1 Å². The molecule has 0 atom stereocenters. The smallest absolute Gasteiger partial charge is 0.214 e.